The molecule has 3 aromatic rings. The highest BCUT2D eigenvalue weighted by Crippen LogP contribution is 2.28. The van der Waals surface area contributed by atoms with Crippen LogP contribution in [0.5, 0.6) is 23.0 Å². The van der Waals surface area contributed by atoms with E-state index < -0.39 is 4.92 Å². The Hall–Kier alpha value is -3.39. The Morgan fingerprint density at radius 2 is 1.72 bits per heavy atom. The van der Waals surface area contributed by atoms with Gasteiger partial charge in [0.1, 0.15) is 23.0 Å². The first-order valence-corrected chi connectivity index (χ1v) is 9.27. The number of rotatable bonds is 8. The summed E-state index contributed by atoms with van der Waals surface area (Å²) in [6, 6.07) is 17.6. The summed E-state index contributed by atoms with van der Waals surface area (Å²) < 4.78 is 17.1. The fourth-order valence-corrected chi connectivity index (χ4v) is 3.01. The van der Waals surface area contributed by atoms with Crippen LogP contribution in [0, 0.1) is 10.1 Å². The van der Waals surface area contributed by atoms with E-state index in [1.807, 2.05) is 0 Å². The highest BCUT2D eigenvalue weighted by molar-refractivity contribution is 9.10. The first kappa shape index (κ1) is 20.3. The molecule has 3 aromatic carbocycles. The lowest BCUT2D eigenvalue weighted by atomic mass is 10.1. The minimum Gasteiger partial charge on any atom is -0.496 e. The van der Waals surface area contributed by atoms with Gasteiger partial charge in [-0.3, -0.25) is 14.9 Å². The van der Waals surface area contributed by atoms with Gasteiger partial charge in [-0.2, -0.15) is 0 Å². The molecule has 0 amide bonds. The molecule has 0 bridgehead atoms. The summed E-state index contributed by atoms with van der Waals surface area (Å²) in [4.78, 5) is 22.6. The maximum atomic E-state index is 12.4. The lowest BCUT2D eigenvalue weighted by Crippen LogP contribution is -2.11. The number of carbonyl (C=O) groups is 1. The lowest BCUT2D eigenvalue weighted by molar-refractivity contribution is -0.384. The van der Waals surface area contributed by atoms with Crippen molar-refractivity contribution >= 4 is 27.4 Å². The largest absolute Gasteiger partial charge is 0.496 e. The molecule has 148 valence electrons. The standard InChI is InChI=1S/C21H16BrNO6/c1-27-21-10-5-14(11-19(21)22)20(24)13-28-17-3-2-4-18(12-17)29-16-8-6-15(7-9-16)23(25)26/h2-12H,13H2,1H3. The van der Waals surface area contributed by atoms with Crippen LogP contribution in [0.3, 0.4) is 0 Å². The molecule has 0 atom stereocenters. The number of carbonyl (C=O) groups excluding carboxylic acids is 1. The Kier molecular flexibility index (Phi) is 6.46. The number of nitro benzene ring substituents is 1. The molecule has 8 heteroatoms. The highest BCUT2D eigenvalue weighted by atomic mass is 79.9. The minimum absolute atomic E-state index is 0.0156. The summed E-state index contributed by atoms with van der Waals surface area (Å²) in [5, 5.41) is 10.7. The van der Waals surface area contributed by atoms with Crippen LogP contribution in [0.1, 0.15) is 10.4 Å². The number of halogens is 1. The Labute approximate surface area is 175 Å². The van der Waals surface area contributed by atoms with Crippen LogP contribution >= 0.6 is 15.9 Å². The third-order valence-electron chi connectivity index (χ3n) is 3.93. The van der Waals surface area contributed by atoms with E-state index in [0.717, 1.165) is 0 Å². The SMILES string of the molecule is COc1ccc(C(=O)COc2cccc(Oc3ccc([N+](=O)[O-])cc3)c2)cc1Br. The van der Waals surface area contributed by atoms with E-state index in [1.165, 1.54) is 24.3 Å². The summed E-state index contributed by atoms with van der Waals surface area (Å²) in [6.45, 7) is -0.139. The molecule has 0 spiro atoms. The van der Waals surface area contributed by atoms with Crippen molar-refractivity contribution in [1.29, 1.82) is 0 Å². The van der Waals surface area contributed by atoms with Crippen molar-refractivity contribution in [3.63, 3.8) is 0 Å². The molecule has 7 nitrogen and oxygen atoms in total. The molecule has 0 saturated carbocycles. The van der Waals surface area contributed by atoms with Crippen LogP contribution in [0.2, 0.25) is 0 Å². The maximum Gasteiger partial charge on any atom is 0.269 e. The van der Waals surface area contributed by atoms with Gasteiger partial charge < -0.3 is 14.2 Å². The molecule has 0 aliphatic heterocycles. The summed E-state index contributed by atoms with van der Waals surface area (Å²) in [5.74, 6) is 1.85. The number of nitrogens with zero attached hydrogens (tertiary/aromatic N) is 1. The van der Waals surface area contributed by atoms with Crippen molar-refractivity contribution in [2.24, 2.45) is 0 Å². The van der Waals surface area contributed by atoms with E-state index in [9.17, 15) is 14.9 Å². The highest BCUT2D eigenvalue weighted by Gasteiger charge is 2.11. The molecule has 0 saturated heterocycles. The van der Waals surface area contributed by atoms with Crippen molar-refractivity contribution in [2.75, 3.05) is 13.7 Å². The van der Waals surface area contributed by atoms with Crippen LogP contribution in [0.25, 0.3) is 0 Å². The summed E-state index contributed by atoms with van der Waals surface area (Å²) in [6.07, 6.45) is 0. The number of hydrogen-bond acceptors (Lipinski definition) is 6. The number of nitro groups is 1. The van der Waals surface area contributed by atoms with Gasteiger partial charge in [0, 0.05) is 23.8 Å². The number of methoxy groups -OCH3 is 1. The molecular weight excluding hydrogens is 442 g/mol. The van der Waals surface area contributed by atoms with E-state index in [2.05, 4.69) is 15.9 Å². The van der Waals surface area contributed by atoms with E-state index in [4.69, 9.17) is 14.2 Å². The molecule has 0 aliphatic rings. The minimum atomic E-state index is -0.476. The van der Waals surface area contributed by atoms with E-state index in [1.54, 1.807) is 49.6 Å². The smallest absolute Gasteiger partial charge is 0.269 e. The van der Waals surface area contributed by atoms with Crippen molar-refractivity contribution < 1.29 is 23.9 Å². The third kappa shape index (κ3) is 5.32. The molecule has 0 heterocycles. The molecule has 0 N–H and O–H groups in total. The fourth-order valence-electron chi connectivity index (χ4n) is 2.47. The molecular formula is C21H16BrNO6. The molecule has 0 unspecified atom stereocenters. The summed E-state index contributed by atoms with van der Waals surface area (Å²) >= 11 is 3.35. The quantitative estimate of drug-likeness (QED) is 0.255. The van der Waals surface area contributed by atoms with Gasteiger partial charge in [-0.15, -0.1) is 0 Å². The Bertz CT molecular complexity index is 1040. The summed E-state index contributed by atoms with van der Waals surface area (Å²) in [5.41, 5.74) is 0.481. The van der Waals surface area contributed by atoms with E-state index in [0.29, 0.717) is 33.0 Å². The van der Waals surface area contributed by atoms with Crippen LogP contribution < -0.4 is 14.2 Å². The van der Waals surface area contributed by atoms with Crippen molar-refractivity contribution in [3.8, 4) is 23.0 Å². The van der Waals surface area contributed by atoms with Crippen molar-refractivity contribution in [1.82, 2.24) is 0 Å². The van der Waals surface area contributed by atoms with Gasteiger partial charge in [0.05, 0.1) is 16.5 Å². The fraction of sp³-hybridized carbons (Fsp3) is 0.0952. The van der Waals surface area contributed by atoms with E-state index >= 15 is 0 Å². The van der Waals surface area contributed by atoms with Crippen molar-refractivity contribution in [3.05, 3.63) is 86.9 Å². The maximum absolute atomic E-state index is 12.4. The first-order valence-electron chi connectivity index (χ1n) is 8.48. The molecule has 3 rings (SSSR count). The zero-order chi connectivity index (χ0) is 20.8. The number of benzene rings is 3. The predicted molar refractivity (Wildman–Crippen MR) is 110 cm³/mol. The van der Waals surface area contributed by atoms with Crippen molar-refractivity contribution in [2.45, 2.75) is 0 Å². The van der Waals surface area contributed by atoms with Crippen LogP contribution in [-0.4, -0.2) is 24.4 Å². The number of ether oxygens (including phenoxy) is 3. The van der Waals surface area contributed by atoms with Gasteiger partial charge in [0.25, 0.3) is 5.69 Å². The normalized spacial score (nSPS) is 10.3. The second kappa shape index (κ2) is 9.20. The zero-order valence-corrected chi connectivity index (χ0v) is 16.9. The van der Waals surface area contributed by atoms with Gasteiger partial charge in [-0.25, -0.2) is 0 Å². The molecule has 0 radical (unpaired) electrons. The Balaban J connectivity index is 1.63. The number of hydrogen-bond donors (Lipinski definition) is 0. The second-order valence-electron chi connectivity index (χ2n) is 5.89. The Morgan fingerprint density at radius 3 is 2.38 bits per heavy atom. The van der Waals surface area contributed by atoms with E-state index in [-0.39, 0.29) is 18.1 Å². The molecule has 0 aliphatic carbocycles. The zero-order valence-electron chi connectivity index (χ0n) is 15.3. The molecule has 0 fully saturated rings. The lowest BCUT2D eigenvalue weighted by Gasteiger charge is -2.10. The number of ketones is 1. The summed E-state index contributed by atoms with van der Waals surface area (Å²) in [7, 11) is 1.55. The predicted octanol–water partition coefficient (Wildman–Crippen LogP) is 5.42. The molecule has 29 heavy (non-hydrogen) atoms. The average molecular weight is 458 g/mol. The third-order valence-corrected chi connectivity index (χ3v) is 4.55. The van der Waals surface area contributed by atoms with Gasteiger partial charge >= 0.3 is 0 Å². The second-order valence-corrected chi connectivity index (χ2v) is 6.74. The van der Waals surface area contributed by atoms with Gasteiger partial charge in [0.15, 0.2) is 12.4 Å². The van der Waals surface area contributed by atoms with Crippen LogP contribution in [0.4, 0.5) is 5.69 Å². The number of non-ortho nitro benzene ring substituents is 1. The monoisotopic (exact) mass is 457 g/mol. The van der Waals surface area contributed by atoms with Gasteiger partial charge in [-0.05, 0) is 58.4 Å². The Morgan fingerprint density at radius 1 is 1.00 bits per heavy atom. The average Bonchev–Trinajstić information content (AvgIpc) is 2.72. The number of Topliss-reactive ketones (excluding diaryl/α,β-unsaturated/α-hetero) is 1. The van der Waals surface area contributed by atoms with Crippen LogP contribution in [-0.2, 0) is 0 Å². The topological polar surface area (TPSA) is 87.9 Å². The van der Waals surface area contributed by atoms with Gasteiger partial charge in [0.2, 0.25) is 0 Å². The first-order chi connectivity index (χ1) is 14.0. The molecule has 0 aromatic heterocycles. The van der Waals surface area contributed by atoms with Gasteiger partial charge in [-0.1, -0.05) is 6.07 Å². The van der Waals surface area contributed by atoms with Crippen LogP contribution in [0.15, 0.2) is 71.2 Å².